The third-order valence-corrected chi connectivity index (χ3v) is 6.61. The summed E-state index contributed by atoms with van der Waals surface area (Å²) in [5, 5.41) is 1.00. The summed E-state index contributed by atoms with van der Waals surface area (Å²) >= 11 is 1.27. The number of ether oxygens (including phenoxy) is 1. The van der Waals surface area contributed by atoms with E-state index in [4.69, 9.17) is 9.72 Å². The Morgan fingerprint density at radius 1 is 1.15 bits per heavy atom. The van der Waals surface area contributed by atoms with Gasteiger partial charge in [0.15, 0.2) is 10.9 Å². The first kappa shape index (κ1) is 23.6. The summed E-state index contributed by atoms with van der Waals surface area (Å²) in [7, 11) is 0. The Kier molecular flexibility index (Phi) is 7.03. The second-order valence-corrected chi connectivity index (χ2v) is 8.82. The highest BCUT2D eigenvalue weighted by Gasteiger charge is 2.18. The smallest absolute Gasteiger partial charge is 0.266 e. The topological polar surface area (TPSA) is 66.1 Å². The summed E-state index contributed by atoms with van der Waals surface area (Å²) in [6.45, 7) is 10.9. The van der Waals surface area contributed by atoms with Crippen molar-refractivity contribution in [3.05, 3.63) is 94.6 Å². The van der Waals surface area contributed by atoms with E-state index >= 15 is 0 Å². The molecule has 0 bridgehead atoms. The zero-order valence-corrected chi connectivity index (χ0v) is 20.4. The van der Waals surface area contributed by atoms with Crippen molar-refractivity contribution in [2.75, 3.05) is 12.4 Å². The molecule has 2 aromatic carbocycles. The first-order valence-corrected chi connectivity index (χ1v) is 12.1. The highest BCUT2D eigenvalue weighted by Crippen LogP contribution is 2.25. The molecule has 174 valence electrons. The summed E-state index contributed by atoms with van der Waals surface area (Å²) in [4.78, 5) is 31.3. The third-order valence-electron chi connectivity index (χ3n) is 5.67. The number of fused-ring (bicyclic) bond motifs is 1. The van der Waals surface area contributed by atoms with Gasteiger partial charge < -0.3 is 9.30 Å². The van der Waals surface area contributed by atoms with Crippen LogP contribution in [0.15, 0.2) is 77.2 Å². The lowest BCUT2D eigenvalue weighted by Crippen LogP contribution is -2.22. The zero-order chi connectivity index (χ0) is 24.2. The average Bonchev–Trinajstić information content (AvgIpc) is 3.12. The fourth-order valence-electron chi connectivity index (χ4n) is 4.00. The van der Waals surface area contributed by atoms with E-state index < -0.39 is 0 Å². The van der Waals surface area contributed by atoms with Crippen LogP contribution >= 0.6 is 11.8 Å². The summed E-state index contributed by atoms with van der Waals surface area (Å²) in [5.74, 6) is 0.890. The summed E-state index contributed by atoms with van der Waals surface area (Å²) in [5.41, 5.74) is 3.72. The number of carbonyl (C=O) groups excluding carboxylic acids is 1. The van der Waals surface area contributed by atoms with Gasteiger partial charge >= 0.3 is 0 Å². The van der Waals surface area contributed by atoms with Crippen LogP contribution in [0.2, 0.25) is 0 Å². The zero-order valence-electron chi connectivity index (χ0n) is 19.6. The second-order valence-electron chi connectivity index (χ2n) is 7.87. The van der Waals surface area contributed by atoms with Crippen molar-refractivity contribution < 1.29 is 9.53 Å². The van der Waals surface area contributed by atoms with Gasteiger partial charge in [-0.25, -0.2) is 4.98 Å². The molecule has 0 radical (unpaired) electrons. The van der Waals surface area contributed by atoms with E-state index in [0.717, 1.165) is 17.1 Å². The van der Waals surface area contributed by atoms with E-state index in [1.165, 1.54) is 11.8 Å². The predicted molar refractivity (Wildman–Crippen MR) is 138 cm³/mol. The van der Waals surface area contributed by atoms with Crippen LogP contribution in [0.4, 0.5) is 0 Å². The molecule has 0 amide bonds. The van der Waals surface area contributed by atoms with Gasteiger partial charge in [0.2, 0.25) is 0 Å². The van der Waals surface area contributed by atoms with Crippen LogP contribution in [0.5, 0.6) is 5.75 Å². The Morgan fingerprint density at radius 3 is 2.59 bits per heavy atom. The molecule has 2 heterocycles. The maximum atomic E-state index is 13.4. The van der Waals surface area contributed by atoms with Crippen LogP contribution in [0.1, 0.15) is 28.7 Å². The number of nitrogens with zero attached hydrogens (tertiary/aromatic N) is 3. The van der Waals surface area contributed by atoms with Gasteiger partial charge in [0.25, 0.3) is 5.56 Å². The van der Waals surface area contributed by atoms with Gasteiger partial charge in [-0.3, -0.25) is 14.2 Å². The lowest BCUT2D eigenvalue weighted by molar-refractivity contribution is 0.102. The number of rotatable bonds is 9. The molecule has 0 saturated carbocycles. The number of benzene rings is 2. The van der Waals surface area contributed by atoms with E-state index in [1.54, 1.807) is 10.6 Å². The van der Waals surface area contributed by atoms with Gasteiger partial charge in [-0.05, 0) is 63.2 Å². The van der Waals surface area contributed by atoms with Crippen molar-refractivity contribution >= 4 is 28.4 Å². The number of thioether (sulfide) groups is 1. The van der Waals surface area contributed by atoms with Crippen molar-refractivity contribution in [3.8, 4) is 11.4 Å². The number of carbonyl (C=O) groups is 1. The van der Waals surface area contributed by atoms with E-state index in [0.29, 0.717) is 40.5 Å². The first-order valence-electron chi connectivity index (χ1n) is 11.1. The third kappa shape index (κ3) is 4.56. The molecule has 2 aromatic heterocycles. The van der Waals surface area contributed by atoms with Crippen LogP contribution in [0, 0.1) is 13.8 Å². The maximum absolute atomic E-state index is 13.4. The first-order chi connectivity index (χ1) is 16.4. The van der Waals surface area contributed by atoms with Gasteiger partial charge in [-0.1, -0.05) is 30.0 Å². The normalized spacial score (nSPS) is 11.0. The number of para-hydroxylation sites is 1. The molecule has 4 rings (SSSR count). The molecule has 0 saturated heterocycles. The largest absolute Gasteiger partial charge is 0.494 e. The summed E-state index contributed by atoms with van der Waals surface area (Å²) in [6.07, 6.45) is 1.82. The number of aromatic nitrogens is 3. The van der Waals surface area contributed by atoms with Crippen molar-refractivity contribution in [2.24, 2.45) is 0 Å². The fraction of sp³-hybridized carbons (Fsp3) is 0.222. The molecular weight excluding hydrogens is 446 g/mol. The number of hydrogen-bond acceptors (Lipinski definition) is 5. The van der Waals surface area contributed by atoms with Crippen LogP contribution in [-0.4, -0.2) is 32.3 Å². The highest BCUT2D eigenvalue weighted by atomic mass is 32.2. The lowest BCUT2D eigenvalue weighted by atomic mass is 10.2. The SMILES string of the molecule is C=CCn1c(C)cc(C(=O)CSc2nc3ccccc3c(=O)n2-c2ccc(OCC)cc2)c1C. The Morgan fingerprint density at radius 2 is 1.88 bits per heavy atom. The predicted octanol–water partition coefficient (Wildman–Crippen LogP) is 5.36. The van der Waals surface area contributed by atoms with Crippen molar-refractivity contribution in [1.29, 1.82) is 0 Å². The van der Waals surface area contributed by atoms with E-state index in [-0.39, 0.29) is 17.1 Å². The van der Waals surface area contributed by atoms with Crippen LogP contribution in [0.3, 0.4) is 0 Å². The number of aryl methyl sites for hydroxylation is 1. The minimum atomic E-state index is -0.172. The number of Topliss-reactive ketones (excluding diaryl/α,β-unsaturated/α-hetero) is 1. The molecule has 7 heteroatoms. The molecule has 0 aliphatic rings. The molecule has 0 aliphatic heterocycles. The Balaban J connectivity index is 1.71. The Bertz CT molecular complexity index is 1420. The molecule has 0 aliphatic carbocycles. The average molecular weight is 474 g/mol. The van der Waals surface area contributed by atoms with Crippen LogP contribution < -0.4 is 10.3 Å². The molecular formula is C27H27N3O3S. The molecule has 0 spiro atoms. The van der Waals surface area contributed by atoms with Crippen molar-refractivity contribution in [3.63, 3.8) is 0 Å². The highest BCUT2D eigenvalue weighted by molar-refractivity contribution is 7.99. The molecule has 0 unspecified atom stereocenters. The Labute approximate surface area is 202 Å². The molecule has 4 aromatic rings. The van der Waals surface area contributed by atoms with Gasteiger partial charge in [0.05, 0.1) is 29.0 Å². The molecule has 34 heavy (non-hydrogen) atoms. The van der Waals surface area contributed by atoms with Gasteiger partial charge in [0, 0.05) is 23.5 Å². The second kappa shape index (κ2) is 10.1. The molecule has 0 atom stereocenters. The summed E-state index contributed by atoms with van der Waals surface area (Å²) < 4.78 is 9.17. The Hall–Kier alpha value is -3.58. The molecule has 0 fully saturated rings. The van der Waals surface area contributed by atoms with Crippen LogP contribution in [-0.2, 0) is 6.54 Å². The van der Waals surface area contributed by atoms with Gasteiger partial charge in [0.1, 0.15) is 5.75 Å². The van der Waals surface area contributed by atoms with Crippen molar-refractivity contribution in [1.82, 2.24) is 14.1 Å². The van der Waals surface area contributed by atoms with E-state index in [1.807, 2.05) is 75.4 Å². The van der Waals surface area contributed by atoms with E-state index in [9.17, 15) is 9.59 Å². The van der Waals surface area contributed by atoms with E-state index in [2.05, 4.69) is 11.1 Å². The quantitative estimate of drug-likeness (QED) is 0.142. The number of hydrogen-bond donors (Lipinski definition) is 0. The monoisotopic (exact) mass is 473 g/mol. The molecule has 6 nitrogen and oxygen atoms in total. The van der Waals surface area contributed by atoms with Crippen molar-refractivity contribution in [2.45, 2.75) is 32.5 Å². The van der Waals surface area contributed by atoms with Crippen LogP contribution in [0.25, 0.3) is 16.6 Å². The standard InChI is InChI=1S/C27H27N3O3S/c1-5-15-29-18(3)16-23(19(29)4)25(31)17-34-27-28-24-10-8-7-9-22(24)26(32)30(27)20-11-13-21(14-12-20)33-6-2/h5,7-14,16H,1,6,15,17H2,2-4H3. The molecule has 0 N–H and O–H groups in total. The summed E-state index contributed by atoms with van der Waals surface area (Å²) in [6, 6.07) is 16.5. The van der Waals surface area contributed by atoms with Gasteiger partial charge in [-0.2, -0.15) is 0 Å². The minimum absolute atomic E-state index is 0.00550. The number of ketones is 1. The lowest BCUT2D eigenvalue weighted by Gasteiger charge is -2.14. The maximum Gasteiger partial charge on any atom is 0.266 e. The number of allylic oxidation sites excluding steroid dienone is 1. The van der Waals surface area contributed by atoms with Gasteiger partial charge in [-0.15, -0.1) is 6.58 Å². The minimum Gasteiger partial charge on any atom is -0.494 e. The fourth-order valence-corrected chi connectivity index (χ4v) is 4.89.